The molecule has 23 heavy (non-hydrogen) atoms. The summed E-state index contributed by atoms with van der Waals surface area (Å²) in [6.07, 6.45) is 4.82. The van der Waals surface area contributed by atoms with Crippen molar-refractivity contribution in [3.8, 4) is 0 Å². The van der Waals surface area contributed by atoms with Gasteiger partial charge < -0.3 is 10.4 Å². The number of nitrogens with zero attached hydrogens (tertiary/aromatic N) is 1. The van der Waals surface area contributed by atoms with Crippen molar-refractivity contribution < 1.29 is 14.7 Å². The molecule has 1 aromatic carbocycles. The van der Waals surface area contributed by atoms with Gasteiger partial charge in [-0.25, -0.2) is 4.79 Å². The number of carbonyl (C=O) groups excluding carboxylic acids is 1. The molecule has 1 fully saturated rings. The van der Waals surface area contributed by atoms with Crippen LogP contribution in [0.15, 0.2) is 24.3 Å². The largest absolute Gasteiger partial charge is 0.480 e. The van der Waals surface area contributed by atoms with Gasteiger partial charge in [-0.1, -0.05) is 43.9 Å². The second-order valence-electron chi connectivity index (χ2n) is 6.25. The zero-order chi connectivity index (χ0) is 16.3. The Balaban J connectivity index is 1.75. The number of para-hydroxylation sites is 1. The second-order valence-corrected chi connectivity index (χ2v) is 6.25. The maximum absolute atomic E-state index is 12.4. The van der Waals surface area contributed by atoms with Crippen molar-refractivity contribution in [1.82, 2.24) is 15.5 Å². The number of carboxylic acids is 1. The minimum Gasteiger partial charge on any atom is -0.480 e. The van der Waals surface area contributed by atoms with Gasteiger partial charge in [-0.2, -0.15) is 5.10 Å². The van der Waals surface area contributed by atoms with Gasteiger partial charge in [-0.15, -0.1) is 0 Å². The van der Waals surface area contributed by atoms with Crippen LogP contribution in [0, 0.1) is 0 Å². The van der Waals surface area contributed by atoms with Crippen molar-refractivity contribution in [3.05, 3.63) is 30.0 Å². The fraction of sp³-hybridized carbons (Fsp3) is 0.471. The van der Waals surface area contributed by atoms with E-state index in [4.69, 9.17) is 0 Å². The Labute approximate surface area is 134 Å². The van der Waals surface area contributed by atoms with E-state index in [2.05, 4.69) is 15.5 Å². The number of fused-ring (bicyclic) bond motifs is 1. The lowest BCUT2D eigenvalue weighted by molar-refractivity contribution is -0.148. The number of rotatable bonds is 4. The predicted molar refractivity (Wildman–Crippen MR) is 86.0 cm³/mol. The maximum Gasteiger partial charge on any atom is 0.329 e. The molecular formula is C17H21N3O3. The van der Waals surface area contributed by atoms with E-state index in [9.17, 15) is 14.7 Å². The Bertz CT molecular complexity index is 715. The first kappa shape index (κ1) is 15.5. The molecule has 6 nitrogen and oxygen atoms in total. The molecule has 0 aliphatic heterocycles. The van der Waals surface area contributed by atoms with Crippen LogP contribution in [-0.4, -0.2) is 32.7 Å². The van der Waals surface area contributed by atoms with Crippen molar-refractivity contribution in [2.45, 2.75) is 50.5 Å². The Kier molecular flexibility index (Phi) is 4.32. The van der Waals surface area contributed by atoms with Gasteiger partial charge in [-0.3, -0.25) is 9.89 Å². The molecule has 0 unspecified atom stereocenters. The molecule has 3 rings (SSSR count). The fourth-order valence-electron chi connectivity index (χ4n) is 3.35. The average Bonchev–Trinajstić information content (AvgIpc) is 2.77. The molecule has 1 amide bonds. The lowest BCUT2D eigenvalue weighted by Crippen LogP contribution is -2.54. The fourth-order valence-corrected chi connectivity index (χ4v) is 3.35. The molecule has 1 heterocycles. The molecule has 1 aliphatic rings. The molecule has 1 saturated carbocycles. The van der Waals surface area contributed by atoms with E-state index in [0.29, 0.717) is 18.5 Å². The third-order valence-electron chi connectivity index (χ3n) is 4.62. The smallest absolute Gasteiger partial charge is 0.329 e. The summed E-state index contributed by atoms with van der Waals surface area (Å²) in [5.74, 6) is -1.20. The van der Waals surface area contributed by atoms with E-state index in [1.54, 1.807) is 0 Å². The summed E-state index contributed by atoms with van der Waals surface area (Å²) in [7, 11) is 0. The molecule has 0 bridgehead atoms. The van der Waals surface area contributed by atoms with Crippen LogP contribution in [0.5, 0.6) is 0 Å². The SMILES string of the molecule is O=C(Cc1[nH]nc2ccccc12)NC1(C(=O)O)CCCCCC1. The molecule has 0 saturated heterocycles. The number of aliphatic carboxylic acids is 1. The normalized spacial score (nSPS) is 17.6. The number of nitrogens with one attached hydrogen (secondary N) is 2. The van der Waals surface area contributed by atoms with E-state index in [0.717, 1.165) is 36.6 Å². The lowest BCUT2D eigenvalue weighted by Gasteiger charge is -2.29. The van der Waals surface area contributed by atoms with Gasteiger partial charge in [0.25, 0.3) is 0 Å². The Morgan fingerprint density at radius 1 is 1.17 bits per heavy atom. The summed E-state index contributed by atoms with van der Waals surface area (Å²) in [5.41, 5.74) is 0.397. The number of hydrogen-bond donors (Lipinski definition) is 3. The van der Waals surface area contributed by atoms with E-state index < -0.39 is 11.5 Å². The first-order chi connectivity index (χ1) is 11.1. The average molecular weight is 315 g/mol. The molecule has 2 aromatic rings. The van der Waals surface area contributed by atoms with Crippen LogP contribution in [-0.2, 0) is 16.0 Å². The number of H-pyrrole nitrogens is 1. The van der Waals surface area contributed by atoms with E-state index in [1.165, 1.54) is 0 Å². The van der Waals surface area contributed by atoms with E-state index in [1.807, 2.05) is 24.3 Å². The van der Waals surface area contributed by atoms with E-state index >= 15 is 0 Å². The molecule has 3 N–H and O–H groups in total. The zero-order valence-corrected chi connectivity index (χ0v) is 13.0. The van der Waals surface area contributed by atoms with Crippen LogP contribution in [0.25, 0.3) is 10.9 Å². The minimum atomic E-state index is -1.12. The van der Waals surface area contributed by atoms with Crippen molar-refractivity contribution in [2.75, 3.05) is 0 Å². The second kappa shape index (κ2) is 6.40. The van der Waals surface area contributed by atoms with Crippen LogP contribution in [0.2, 0.25) is 0 Å². The van der Waals surface area contributed by atoms with Crippen LogP contribution in [0.1, 0.15) is 44.2 Å². The van der Waals surface area contributed by atoms with Gasteiger partial charge in [0.1, 0.15) is 5.54 Å². The van der Waals surface area contributed by atoms with Crippen molar-refractivity contribution >= 4 is 22.8 Å². The molecule has 1 aliphatic carbocycles. The number of benzene rings is 1. The Hall–Kier alpha value is -2.37. The summed E-state index contributed by atoms with van der Waals surface area (Å²) in [4.78, 5) is 24.2. The summed E-state index contributed by atoms with van der Waals surface area (Å²) in [6.45, 7) is 0. The Morgan fingerprint density at radius 3 is 2.57 bits per heavy atom. The summed E-state index contributed by atoms with van der Waals surface area (Å²) in [5, 5.41) is 20.4. The summed E-state index contributed by atoms with van der Waals surface area (Å²) < 4.78 is 0. The van der Waals surface area contributed by atoms with Gasteiger partial charge in [-0.05, 0) is 18.9 Å². The standard InChI is InChI=1S/C17H21N3O3/c21-15(11-14-12-7-3-4-8-13(12)19-20-14)18-17(16(22)23)9-5-1-2-6-10-17/h3-4,7-8H,1-2,5-6,9-11H2,(H,18,21)(H,19,20)(H,22,23). The highest BCUT2D eigenvalue weighted by molar-refractivity contribution is 5.91. The molecule has 122 valence electrons. The van der Waals surface area contributed by atoms with Crippen molar-refractivity contribution in [1.29, 1.82) is 0 Å². The number of aromatic amines is 1. The molecule has 6 heteroatoms. The number of hydrogen-bond acceptors (Lipinski definition) is 3. The molecule has 0 spiro atoms. The van der Waals surface area contributed by atoms with Gasteiger partial charge in [0.15, 0.2) is 0 Å². The minimum absolute atomic E-state index is 0.107. The van der Waals surface area contributed by atoms with Crippen LogP contribution < -0.4 is 5.32 Å². The predicted octanol–water partition coefficient (Wildman–Crippen LogP) is 2.40. The lowest BCUT2D eigenvalue weighted by atomic mass is 9.90. The number of aromatic nitrogens is 2. The monoisotopic (exact) mass is 315 g/mol. The van der Waals surface area contributed by atoms with E-state index in [-0.39, 0.29) is 12.3 Å². The highest BCUT2D eigenvalue weighted by Gasteiger charge is 2.40. The third kappa shape index (κ3) is 3.21. The van der Waals surface area contributed by atoms with Gasteiger partial charge >= 0.3 is 5.97 Å². The molecule has 0 radical (unpaired) electrons. The third-order valence-corrected chi connectivity index (χ3v) is 4.62. The molecule has 0 atom stereocenters. The van der Waals surface area contributed by atoms with Gasteiger partial charge in [0.05, 0.1) is 17.6 Å². The van der Waals surface area contributed by atoms with Crippen LogP contribution in [0.4, 0.5) is 0 Å². The van der Waals surface area contributed by atoms with Gasteiger partial charge in [0.2, 0.25) is 5.91 Å². The van der Waals surface area contributed by atoms with Crippen LogP contribution in [0.3, 0.4) is 0 Å². The summed E-state index contributed by atoms with van der Waals surface area (Å²) >= 11 is 0. The van der Waals surface area contributed by atoms with Crippen molar-refractivity contribution in [2.24, 2.45) is 0 Å². The number of amides is 1. The Morgan fingerprint density at radius 2 is 1.87 bits per heavy atom. The highest BCUT2D eigenvalue weighted by Crippen LogP contribution is 2.28. The number of carbonyl (C=O) groups is 2. The maximum atomic E-state index is 12.4. The quantitative estimate of drug-likeness (QED) is 0.755. The van der Waals surface area contributed by atoms with Crippen molar-refractivity contribution in [3.63, 3.8) is 0 Å². The molecular weight excluding hydrogens is 294 g/mol. The molecule has 1 aromatic heterocycles. The number of carboxylic acid groups (broad SMARTS) is 1. The topological polar surface area (TPSA) is 95.1 Å². The van der Waals surface area contributed by atoms with Crippen LogP contribution >= 0.6 is 0 Å². The zero-order valence-electron chi connectivity index (χ0n) is 13.0. The first-order valence-corrected chi connectivity index (χ1v) is 8.07. The summed E-state index contributed by atoms with van der Waals surface area (Å²) in [6, 6.07) is 7.55. The van der Waals surface area contributed by atoms with Gasteiger partial charge in [0, 0.05) is 5.39 Å². The highest BCUT2D eigenvalue weighted by atomic mass is 16.4. The first-order valence-electron chi connectivity index (χ1n) is 8.07.